The second-order valence-corrected chi connectivity index (χ2v) is 5.75. The topological polar surface area (TPSA) is 39.7 Å². The molecule has 2 aromatic rings. The number of fused-ring (bicyclic) bond motifs is 1. The van der Waals surface area contributed by atoms with Crippen LogP contribution in [0.5, 0.6) is 17.2 Å². The molecule has 0 amide bonds. The molecular formula is C18H20ClNO3. The predicted octanol–water partition coefficient (Wildman–Crippen LogP) is 3.45. The van der Waals surface area contributed by atoms with Gasteiger partial charge in [0.25, 0.3) is 0 Å². The van der Waals surface area contributed by atoms with Gasteiger partial charge in [0.05, 0.1) is 12.1 Å². The van der Waals surface area contributed by atoms with Crippen LogP contribution in [-0.4, -0.2) is 26.9 Å². The number of rotatable bonds is 6. The molecule has 0 saturated heterocycles. The molecule has 1 aliphatic heterocycles. The molecule has 0 atom stereocenters. The third-order valence-electron chi connectivity index (χ3n) is 3.75. The Morgan fingerprint density at radius 1 is 1.17 bits per heavy atom. The van der Waals surface area contributed by atoms with E-state index in [4.69, 9.17) is 25.8 Å². The molecule has 0 saturated carbocycles. The van der Waals surface area contributed by atoms with Crippen molar-refractivity contribution in [2.45, 2.75) is 13.0 Å². The van der Waals surface area contributed by atoms with Gasteiger partial charge in [-0.2, -0.15) is 0 Å². The van der Waals surface area contributed by atoms with Crippen LogP contribution in [0, 0.1) is 0 Å². The second-order valence-electron chi connectivity index (χ2n) is 5.34. The average Bonchev–Trinajstić information content (AvgIpc) is 2.59. The van der Waals surface area contributed by atoms with Crippen LogP contribution < -0.4 is 19.5 Å². The summed E-state index contributed by atoms with van der Waals surface area (Å²) in [7, 11) is 1.70. The van der Waals surface area contributed by atoms with Gasteiger partial charge in [0.1, 0.15) is 19.0 Å². The average molecular weight is 334 g/mol. The largest absolute Gasteiger partial charge is 0.496 e. The standard InChI is InChI=1S/C18H20ClNO3/c1-21-16-5-3-2-4-14(16)6-7-20-12-13-10-15(19)18-17(11-13)22-8-9-23-18/h2-5,10-11,20H,6-9,12H2,1H3. The summed E-state index contributed by atoms with van der Waals surface area (Å²) in [5.41, 5.74) is 2.28. The summed E-state index contributed by atoms with van der Waals surface area (Å²) >= 11 is 6.25. The van der Waals surface area contributed by atoms with E-state index in [0.29, 0.717) is 24.0 Å². The molecule has 0 aromatic heterocycles. The van der Waals surface area contributed by atoms with Gasteiger partial charge < -0.3 is 19.5 Å². The summed E-state index contributed by atoms with van der Waals surface area (Å²) in [5, 5.41) is 4.03. The van der Waals surface area contributed by atoms with Crippen molar-refractivity contribution in [3.8, 4) is 17.2 Å². The fraction of sp³-hybridized carbons (Fsp3) is 0.333. The Kier molecular flexibility index (Phi) is 5.26. The zero-order valence-electron chi connectivity index (χ0n) is 13.1. The minimum absolute atomic E-state index is 0.545. The first kappa shape index (κ1) is 16.0. The number of nitrogens with one attached hydrogen (secondary N) is 1. The van der Waals surface area contributed by atoms with Crippen molar-refractivity contribution >= 4 is 11.6 Å². The van der Waals surface area contributed by atoms with Crippen molar-refractivity contribution < 1.29 is 14.2 Å². The number of hydrogen-bond donors (Lipinski definition) is 1. The minimum Gasteiger partial charge on any atom is -0.496 e. The fourth-order valence-electron chi connectivity index (χ4n) is 2.63. The van der Waals surface area contributed by atoms with Gasteiger partial charge in [0.15, 0.2) is 11.5 Å². The highest BCUT2D eigenvalue weighted by Gasteiger charge is 2.16. The van der Waals surface area contributed by atoms with Gasteiger partial charge in [0.2, 0.25) is 0 Å². The summed E-state index contributed by atoms with van der Waals surface area (Å²) in [6, 6.07) is 12.0. The Balaban J connectivity index is 1.56. The van der Waals surface area contributed by atoms with Gasteiger partial charge in [-0.05, 0) is 42.3 Å². The smallest absolute Gasteiger partial charge is 0.179 e. The fourth-order valence-corrected chi connectivity index (χ4v) is 2.92. The molecule has 0 unspecified atom stereocenters. The number of ether oxygens (including phenoxy) is 3. The van der Waals surface area contributed by atoms with E-state index in [1.54, 1.807) is 7.11 Å². The first-order valence-electron chi connectivity index (χ1n) is 7.68. The SMILES string of the molecule is COc1ccccc1CCNCc1cc(Cl)c2c(c1)OCCO2. The molecule has 1 heterocycles. The van der Waals surface area contributed by atoms with Crippen LogP contribution in [-0.2, 0) is 13.0 Å². The van der Waals surface area contributed by atoms with E-state index < -0.39 is 0 Å². The zero-order valence-corrected chi connectivity index (χ0v) is 13.9. The second kappa shape index (κ2) is 7.57. The highest BCUT2D eigenvalue weighted by Crippen LogP contribution is 2.38. The molecule has 3 rings (SSSR count). The third-order valence-corrected chi connectivity index (χ3v) is 4.03. The lowest BCUT2D eigenvalue weighted by Crippen LogP contribution is -2.18. The summed E-state index contributed by atoms with van der Waals surface area (Å²) in [6.07, 6.45) is 0.905. The Morgan fingerprint density at radius 2 is 2.00 bits per heavy atom. The van der Waals surface area contributed by atoms with Gasteiger partial charge >= 0.3 is 0 Å². The maximum Gasteiger partial charge on any atom is 0.179 e. The summed E-state index contributed by atoms with van der Waals surface area (Å²) in [6.45, 7) is 2.69. The van der Waals surface area contributed by atoms with E-state index in [-0.39, 0.29) is 0 Å². The van der Waals surface area contributed by atoms with Gasteiger partial charge in [-0.1, -0.05) is 29.8 Å². The molecule has 1 aliphatic rings. The third kappa shape index (κ3) is 3.89. The maximum absolute atomic E-state index is 6.25. The van der Waals surface area contributed by atoms with Crippen molar-refractivity contribution in [3.05, 3.63) is 52.5 Å². The Labute approximate surface area is 141 Å². The van der Waals surface area contributed by atoms with E-state index in [9.17, 15) is 0 Å². The van der Waals surface area contributed by atoms with Crippen LogP contribution >= 0.6 is 11.6 Å². The van der Waals surface area contributed by atoms with Crippen molar-refractivity contribution in [1.29, 1.82) is 0 Å². The van der Waals surface area contributed by atoms with E-state index in [2.05, 4.69) is 11.4 Å². The molecule has 122 valence electrons. The molecule has 0 bridgehead atoms. The molecule has 5 heteroatoms. The minimum atomic E-state index is 0.545. The van der Waals surface area contributed by atoms with Crippen LogP contribution in [0.3, 0.4) is 0 Å². The first-order valence-corrected chi connectivity index (χ1v) is 8.06. The van der Waals surface area contributed by atoms with Crippen molar-refractivity contribution in [3.63, 3.8) is 0 Å². The number of hydrogen-bond acceptors (Lipinski definition) is 4. The summed E-state index contributed by atoms with van der Waals surface area (Å²) in [5.74, 6) is 2.30. The molecule has 1 N–H and O–H groups in total. The quantitative estimate of drug-likeness (QED) is 0.822. The van der Waals surface area contributed by atoms with E-state index in [1.165, 1.54) is 5.56 Å². The molecule has 2 aromatic carbocycles. The summed E-state index contributed by atoms with van der Waals surface area (Å²) in [4.78, 5) is 0. The molecule has 4 nitrogen and oxygen atoms in total. The van der Waals surface area contributed by atoms with Crippen LogP contribution in [0.1, 0.15) is 11.1 Å². The molecule has 0 fully saturated rings. The van der Waals surface area contributed by atoms with E-state index in [1.807, 2.05) is 30.3 Å². The van der Waals surface area contributed by atoms with Crippen molar-refractivity contribution in [1.82, 2.24) is 5.32 Å². The Hall–Kier alpha value is -1.91. The lowest BCUT2D eigenvalue weighted by atomic mass is 10.1. The van der Waals surface area contributed by atoms with E-state index >= 15 is 0 Å². The van der Waals surface area contributed by atoms with Crippen LogP contribution in [0.4, 0.5) is 0 Å². The molecule has 23 heavy (non-hydrogen) atoms. The molecule has 0 radical (unpaired) electrons. The maximum atomic E-state index is 6.25. The number of methoxy groups -OCH3 is 1. The highest BCUT2D eigenvalue weighted by atomic mass is 35.5. The monoisotopic (exact) mass is 333 g/mol. The number of para-hydroxylation sites is 1. The van der Waals surface area contributed by atoms with Gasteiger partial charge in [-0.15, -0.1) is 0 Å². The Morgan fingerprint density at radius 3 is 2.87 bits per heavy atom. The molecule has 0 aliphatic carbocycles. The number of benzene rings is 2. The summed E-state index contributed by atoms with van der Waals surface area (Å²) < 4.78 is 16.5. The van der Waals surface area contributed by atoms with E-state index in [0.717, 1.165) is 36.6 Å². The van der Waals surface area contributed by atoms with Crippen LogP contribution in [0.15, 0.2) is 36.4 Å². The number of halogens is 1. The Bertz CT molecular complexity index is 675. The van der Waals surface area contributed by atoms with Gasteiger partial charge in [0, 0.05) is 6.54 Å². The molecular weight excluding hydrogens is 314 g/mol. The van der Waals surface area contributed by atoms with Crippen LogP contribution in [0.2, 0.25) is 5.02 Å². The lowest BCUT2D eigenvalue weighted by Gasteiger charge is -2.20. The van der Waals surface area contributed by atoms with Gasteiger partial charge in [-0.3, -0.25) is 0 Å². The molecule has 0 spiro atoms. The van der Waals surface area contributed by atoms with Gasteiger partial charge in [-0.25, -0.2) is 0 Å². The van der Waals surface area contributed by atoms with Crippen molar-refractivity contribution in [2.75, 3.05) is 26.9 Å². The predicted molar refractivity (Wildman–Crippen MR) is 90.8 cm³/mol. The van der Waals surface area contributed by atoms with Crippen molar-refractivity contribution in [2.24, 2.45) is 0 Å². The zero-order chi connectivity index (χ0) is 16.1. The lowest BCUT2D eigenvalue weighted by molar-refractivity contribution is 0.171. The first-order chi connectivity index (χ1) is 11.3. The van der Waals surface area contributed by atoms with Crippen LogP contribution in [0.25, 0.3) is 0 Å². The normalized spacial score (nSPS) is 13.0. The highest BCUT2D eigenvalue weighted by molar-refractivity contribution is 6.32.